The fourth-order valence-corrected chi connectivity index (χ4v) is 4.54. The lowest BCUT2D eigenvalue weighted by Crippen LogP contribution is -2.13. The number of anilines is 1. The fourth-order valence-electron chi connectivity index (χ4n) is 2.58. The first-order chi connectivity index (χ1) is 13.1. The van der Waals surface area contributed by atoms with Gasteiger partial charge in [0, 0.05) is 21.4 Å². The van der Waals surface area contributed by atoms with Gasteiger partial charge in [-0.2, -0.15) is 0 Å². The summed E-state index contributed by atoms with van der Waals surface area (Å²) < 4.78 is 18.7. The third-order valence-corrected chi connectivity index (χ3v) is 6.05. The van der Waals surface area contributed by atoms with E-state index in [9.17, 15) is 14.0 Å². The molecular formula is C20H18FNO3S2. The Labute approximate surface area is 164 Å². The van der Waals surface area contributed by atoms with Gasteiger partial charge < -0.3 is 10.1 Å². The quantitative estimate of drug-likeness (QED) is 0.329. The van der Waals surface area contributed by atoms with Gasteiger partial charge in [-0.15, -0.1) is 23.1 Å². The van der Waals surface area contributed by atoms with Crippen LogP contribution in [0.1, 0.15) is 23.2 Å². The molecule has 1 N–H and O–H groups in total. The minimum atomic E-state index is -0.463. The molecule has 0 aliphatic rings. The molecule has 0 saturated carbocycles. The summed E-state index contributed by atoms with van der Waals surface area (Å²) >= 11 is 2.93. The van der Waals surface area contributed by atoms with Crippen LogP contribution in [0.25, 0.3) is 10.1 Å². The Morgan fingerprint density at radius 3 is 2.63 bits per heavy atom. The molecule has 1 amide bonds. The number of benzene rings is 2. The van der Waals surface area contributed by atoms with Crippen molar-refractivity contribution in [2.75, 3.05) is 18.2 Å². The molecule has 0 bridgehead atoms. The highest BCUT2D eigenvalue weighted by Crippen LogP contribution is 2.36. The molecule has 0 aliphatic carbocycles. The zero-order valence-electron chi connectivity index (χ0n) is 14.7. The molecule has 3 aromatic rings. The Hall–Kier alpha value is -2.38. The number of rotatable bonds is 7. The molecule has 0 saturated heterocycles. The normalized spacial score (nSPS) is 10.7. The Balaban J connectivity index is 1.59. The molecule has 1 heterocycles. The van der Waals surface area contributed by atoms with Crippen LogP contribution in [0.3, 0.4) is 0 Å². The van der Waals surface area contributed by atoms with Crippen molar-refractivity contribution in [2.45, 2.75) is 17.7 Å². The van der Waals surface area contributed by atoms with Crippen molar-refractivity contribution >= 4 is 50.1 Å². The van der Waals surface area contributed by atoms with Crippen molar-refractivity contribution in [3.63, 3.8) is 0 Å². The van der Waals surface area contributed by atoms with Crippen molar-refractivity contribution < 1.29 is 18.7 Å². The van der Waals surface area contributed by atoms with Gasteiger partial charge in [-0.1, -0.05) is 18.2 Å². The molecule has 7 heteroatoms. The van der Waals surface area contributed by atoms with Gasteiger partial charge in [0.05, 0.1) is 7.11 Å². The van der Waals surface area contributed by atoms with Gasteiger partial charge in [0.2, 0.25) is 5.91 Å². The maximum Gasteiger partial charge on any atom is 0.341 e. The number of methoxy groups -OCH3 is 1. The topological polar surface area (TPSA) is 55.4 Å². The van der Waals surface area contributed by atoms with Gasteiger partial charge in [-0.3, -0.25) is 4.79 Å². The molecule has 2 aromatic carbocycles. The van der Waals surface area contributed by atoms with Crippen LogP contribution in [0.15, 0.2) is 53.4 Å². The SMILES string of the molecule is COC(=O)c1c(NC(=O)CCCSc2ccc(F)cc2)sc2ccccc12. The molecular weight excluding hydrogens is 385 g/mol. The van der Waals surface area contributed by atoms with E-state index in [1.165, 1.54) is 30.6 Å². The van der Waals surface area contributed by atoms with Gasteiger partial charge in [0.1, 0.15) is 16.4 Å². The fraction of sp³-hybridized carbons (Fsp3) is 0.200. The number of carbonyl (C=O) groups is 2. The van der Waals surface area contributed by atoms with Gasteiger partial charge in [0.15, 0.2) is 0 Å². The van der Waals surface area contributed by atoms with Gasteiger partial charge in [0.25, 0.3) is 0 Å². The lowest BCUT2D eigenvalue weighted by atomic mass is 10.1. The van der Waals surface area contributed by atoms with E-state index < -0.39 is 5.97 Å². The number of hydrogen-bond acceptors (Lipinski definition) is 5. The Kier molecular flexibility index (Phi) is 6.47. The molecule has 3 rings (SSSR count). The van der Waals surface area contributed by atoms with E-state index in [4.69, 9.17) is 4.74 Å². The van der Waals surface area contributed by atoms with Crippen LogP contribution in [0, 0.1) is 5.82 Å². The number of ether oxygens (including phenoxy) is 1. The Bertz CT molecular complexity index is 954. The number of fused-ring (bicyclic) bond motifs is 1. The zero-order valence-corrected chi connectivity index (χ0v) is 16.3. The van der Waals surface area contributed by atoms with E-state index in [0.717, 1.165) is 20.7 Å². The molecule has 140 valence electrons. The summed E-state index contributed by atoms with van der Waals surface area (Å²) in [5, 5.41) is 4.13. The van der Waals surface area contributed by atoms with Crippen LogP contribution >= 0.6 is 23.1 Å². The first-order valence-electron chi connectivity index (χ1n) is 8.36. The summed E-state index contributed by atoms with van der Waals surface area (Å²) in [6.45, 7) is 0. The lowest BCUT2D eigenvalue weighted by Gasteiger charge is -2.06. The van der Waals surface area contributed by atoms with E-state index >= 15 is 0 Å². The third kappa shape index (κ3) is 4.87. The molecule has 0 unspecified atom stereocenters. The average Bonchev–Trinajstić information content (AvgIpc) is 3.03. The number of thiophene rings is 1. The molecule has 0 fully saturated rings. The number of hydrogen-bond donors (Lipinski definition) is 1. The maximum atomic E-state index is 12.9. The molecule has 0 radical (unpaired) electrons. The summed E-state index contributed by atoms with van der Waals surface area (Å²) in [6, 6.07) is 13.8. The van der Waals surface area contributed by atoms with Crippen LogP contribution in [0.5, 0.6) is 0 Å². The summed E-state index contributed by atoms with van der Waals surface area (Å²) in [5.74, 6) is -0.125. The van der Waals surface area contributed by atoms with Crippen molar-refractivity contribution in [3.05, 3.63) is 59.9 Å². The first kappa shape index (κ1) is 19.4. The Morgan fingerprint density at radius 2 is 1.89 bits per heavy atom. The van der Waals surface area contributed by atoms with Crippen molar-refractivity contribution in [1.82, 2.24) is 0 Å². The van der Waals surface area contributed by atoms with Crippen LogP contribution in [0.4, 0.5) is 9.39 Å². The third-order valence-electron chi connectivity index (χ3n) is 3.87. The smallest absolute Gasteiger partial charge is 0.341 e. The molecule has 1 aromatic heterocycles. The van der Waals surface area contributed by atoms with Crippen molar-refractivity contribution in [1.29, 1.82) is 0 Å². The number of thioether (sulfide) groups is 1. The van der Waals surface area contributed by atoms with Crippen LogP contribution < -0.4 is 5.32 Å². The number of esters is 1. The first-order valence-corrected chi connectivity index (χ1v) is 10.2. The standard InChI is InChI=1S/C20H18FNO3S2/c1-25-20(24)18-15-5-2-3-6-16(15)27-19(18)22-17(23)7-4-12-26-14-10-8-13(21)9-11-14/h2-3,5-6,8-11H,4,7,12H2,1H3,(H,22,23). The number of carbonyl (C=O) groups excluding carboxylic acids is 2. The highest BCUT2D eigenvalue weighted by atomic mass is 32.2. The van der Waals surface area contributed by atoms with E-state index in [1.54, 1.807) is 23.9 Å². The molecule has 0 atom stereocenters. The summed E-state index contributed by atoms with van der Waals surface area (Å²) in [4.78, 5) is 25.4. The highest BCUT2D eigenvalue weighted by Gasteiger charge is 2.20. The second-order valence-electron chi connectivity index (χ2n) is 5.75. The molecule has 27 heavy (non-hydrogen) atoms. The van der Waals surface area contributed by atoms with Crippen LogP contribution in [0.2, 0.25) is 0 Å². The number of nitrogens with one attached hydrogen (secondary N) is 1. The van der Waals surface area contributed by atoms with E-state index in [0.29, 0.717) is 23.4 Å². The lowest BCUT2D eigenvalue weighted by molar-refractivity contribution is -0.116. The summed E-state index contributed by atoms with van der Waals surface area (Å²) in [7, 11) is 1.33. The predicted molar refractivity (Wildman–Crippen MR) is 108 cm³/mol. The maximum absolute atomic E-state index is 12.9. The minimum Gasteiger partial charge on any atom is -0.465 e. The van der Waals surface area contributed by atoms with Gasteiger partial charge >= 0.3 is 5.97 Å². The largest absolute Gasteiger partial charge is 0.465 e. The summed E-state index contributed by atoms with van der Waals surface area (Å²) in [6.07, 6.45) is 1.01. The monoisotopic (exact) mass is 403 g/mol. The Morgan fingerprint density at radius 1 is 1.15 bits per heavy atom. The van der Waals surface area contributed by atoms with Gasteiger partial charge in [-0.05, 0) is 42.5 Å². The minimum absolute atomic E-state index is 0.147. The highest BCUT2D eigenvalue weighted by molar-refractivity contribution is 7.99. The summed E-state index contributed by atoms with van der Waals surface area (Å²) in [5.41, 5.74) is 0.395. The van der Waals surface area contributed by atoms with Crippen LogP contribution in [-0.2, 0) is 9.53 Å². The number of amides is 1. The molecule has 4 nitrogen and oxygen atoms in total. The molecule has 0 spiro atoms. The van der Waals surface area contributed by atoms with Crippen molar-refractivity contribution in [3.8, 4) is 0 Å². The average molecular weight is 404 g/mol. The predicted octanol–water partition coefficient (Wildman–Crippen LogP) is 5.34. The second kappa shape index (κ2) is 9.01. The van der Waals surface area contributed by atoms with E-state index in [1.807, 2.05) is 24.3 Å². The van der Waals surface area contributed by atoms with E-state index in [2.05, 4.69) is 5.32 Å². The second-order valence-corrected chi connectivity index (χ2v) is 7.97. The van der Waals surface area contributed by atoms with Gasteiger partial charge in [-0.25, -0.2) is 9.18 Å². The van der Waals surface area contributed by atoms with Crippen LogP contribution in [-0.4, -0.2) is 24.7 Å². The molecule has 0 aliphatic heterocycles. The van der Waals surface area contributed by atoms with E-state index in [-0.39, 0.29) is 11.7 Å². The van der Waals surface area contributed by atoms with Crippen molar-refractivity contribution in [2.24, 2.45) is 0 Å². The zero-order chi connectivity index (χ0) is 19.2. The number of halogens is 1.